The monoisotopic (exact) mass is 338 g/mol. The van der Waals surface area contributed by atoms with Crippen molar-refractivity contribution in [3.8, 4) is 5.75 Å². The maximum Gasteiger partial charge on any atom is 0.272 e. The zero-order valence-corrected chi connectivity index (χ0v) is 12.2. The van der Waals surface area contributed by atoms with E-state index in [1.165, 1.54) is 23.5 Å². The van der Waals surface area contributed by atoms with Gasteiger partial charge in [-0.3, -0.25) is 10.1 Å². The number of benzene rings is 1. The van der Waals surface area contributed by atoms with Crippen LogP contribution in [0, 0.1) is 10.1 Å². The minimum absolute atomic E-state index is 0.0785. The van der Waals surface area contributed by atoms with Crippen LogP contribution in [0.3, 0.4) is 0 Å². The van der Waals surface area contributed by atoms with Crippen LogP contribution in [0.4, 0.5) is 5.69 Å². The first-order valence-electron chi connectivity index (χ1n) is 4.84. The molecule has 5 nitrogen and oxygen atoms in total. The predicted molar refractivity (Wildman–Crippen MR) is 74.6 cm³/mol. The van der Waals surface area contributed by atoms with Gasteiger partial charge >= 0.3 is 0 Å². The zero-order valence-electron chi connectivity index (χ0n) is 9.10. The molecule has 0 N–H and O–H groups in total. The summed E-state index contributed by atoms with van der Waals surface area (Å²) in [5, 5.41) is 10.8. The third-order valence-electron chi connectivity index (χ3n) is 2.08. The second-order valence-corrected chi connectivity index (χ2v) is 5.88. The summed E-state index contributed by atoms with van der Waals surface area (Å²) in [6.45, 7) is 0.182. The SMILES string of the molecule is O=[N+]([O-])c1cc(Cl)c(OCc2cnc(Cl)s2)c(Cl)c1. The summed E-state index contributed by atoms with van der Waals surface area (Å²) >= 11 is 18.7. The van der Waals surface area contributed by atoms with Gasteiger partial charge in [-0.2, -0.15) is 0 Å². The average molecular weight is 340 g/mol. The lowest BCUT2D eigenvalue weighted by molar-refractivity contribution is -0.384. The van der Waals surface area contributed by atoms with Gasteiger partial charge in [-0.05, 0) is 0 Å². The fourth-order valence-corrected chi connectivity index (χ4v) is 2.76. The summed E-state index contributed by atoms with van der Waals surface area (Å²) in [5.74, 6) is 0.193. The summed E-state index contributed by atoms with van der Waals surface area (Å²) in [7, 11) is 0. The number of ether oxygens (including phenoxy) is 1. The lowest BCUT2D eigenvalue weighted by Crippen LogP contribution is -1.96. The molecule has 0 unspecified atom stereocenters. The Morgan fingerprint density at radius 1 is 1.32 bits per heavy atom. The molecule has 1 heterocycles. The van der Waals surface area contributed by atoms with Crippen LogP contribution >= 0.6 is 46.1 Å². The fourth-order valence-electron chi connectivity index (χ4n) is 1.28. The normalized spacial score (nSPS) is 10.5. The topological polar surface area (TPSA) is 65.3 Å². The van der Waals surface area contributed by atoms with Gasteiger partial charge in [-0.1, -0.05) is 34.8 Å². The Bertz CT molecular complexity index is 609. The minimum atomic E-state index is -0.579. The van der Waals surface area contributed by atoms with E-state index in [-0.39, 0.29) is 28.1 Å². The maximum atomic E-state index is 10.6. The third kappa shape index (κ3) is 3.48. The number of nitrogens with zero attached hydrogens (tertiary/aromatic N) is 2. The molecule has 0 aliphatic carbocycles. The summed E-state index contributed by atoms with van der Waals surface area (Å²) in [5.41, 5.74) is -0.191. The molecule has 0 atom stereocenters. The Kier molecular flexibility index (Phi) is 4.46. The van der Waals surface area contributed by atoms with Crippen LogP contribution in [0.25, 0.3) is 0 Å². The van der Waals surface area contributed by atoms with Gasteiger partial charge in [0.05, 0.1) is 19.8 Å². The van der Waals surface area contributed by atoms with Gasteiger partial charge in [-0.25, -0.2) is 4.98 Å². The van der Waals surface area contributed by atoms with Crippen LogP contribution in [-0.2, 0) is 6.61 Å². The van der Waals surface area contributed by atoms with E-state index in [9.17, 15) is 10.1 Å². The second kappa shape index (κ2) is 5.92. The van der Waals surface area contributed by atoms with Gasteiger partial charge in [-0.15, -0.1) is 11.3 Å². The Hall–Kier alpha value is -1.08. The van der Waals surface area contributed by atoms with E-state index in [1.807, 2.05) is 0 Å². The smallest absolute Gasteiger partial charge is 0.272 e. The number of thiazole rings is 1. The van der Waals surface area contributed by atoms with Crippen LogP contribution < -0.4 is 4.74 Å². The fraction of sp³-hybridized carbons (Fsp3) is 0.100. The molecule has 0 amide bonds. The van der Waals surface area contributed by atoms with Crippen LogP contribution in [0.1, 0.15) is 4.88 Å². The van der Waals surface area contributed by atoms with Crippen molar-refractivity contribution in [3.63, 3.8) is 0 Å². The highest BCUT2D eigenvalue weighted by atomic mass is 35.5. The van der Waals surface area contributed by atoms with Crippen molar-refractivity contribution < 1.29 is 9.66 Å². The molecule has 1 aromatic carbocycles. The molecule has 0 bridgehead atoms. The van der Waals surface area contributed by atoms with Crippen molar-refractivity contribution in [1.29, 1.82) is 0 Å². The first-order valence-corrected chi connectivity index (χ1v) is 6.79. The van der Waals surface area contributed by atoms with Crippen molar-refractivity contribution in [1.82, 2.24) is 4.98 Å². The number of non-ortho nitro benzene ring substituents is 1. The van der Waals surface area contributed by atoms with E-state index in [0.717, 1.165) is 4.88 Å². The molecule has 0 saturated carbocycles. The highest BCUT2D eigenvalue weighted by molar-refractivity contribution is 7.15. The highest BCUT2D eigenvalue weighted by Gasteiger charge is 2.16. The predicted octanol–water partition coefficient (Wildman–Crippen LogP) is 4.59. The van der Waals surface area contributed by atoms with Crippen molar-refractivity contribution >= 4 is 51.8 Å². The Balaban J connectivity index is 2.18. The molecule has 0 spiro atoms. The van der Waals surface area contributed by atoms with Crippen molar-refractivity contribution in [2.45, 2.75) is 6.61 Å². The molecule has 0 fully saturated rings. The average Bonchev–Trinajstić information content (AvgIpc) is 2.73. The molecule has 0 aliphatic rings. The van der Waals surface area contributed by atoms with Crippen molar-refractivity contribution in [3.05, 3.63) is 47.8 Å². The van der Waals surface area contributed by atoms with Crippen LogP contribution in [0.15, 0.2) is 18.3 Å². The van der Waals surface area contributed by atoms with Gasteiger partial charge in [0.15, 0.2) is 10.2 Å². The van der Waals surface area contributed by atoms with E-state index in [1.54, 1.807) is 6.20 Å². The van der Waals surface area contributed by atoms with Crippen LogP contribution in [-0.4, -0.2) is 9.91 Å². The quantitative estimate of drug-likeness (QED) is 0.603. The molecule has 2 rings (SSSR count). The number of hydrogen-bond donors (Lipinski definition) is 0. The largest absolute Gasteiger partial charge is 0.485 e. The Morgan fingerprint density at radius 3 is 2.42 bits per heavy atom. The molecule has 100 valence electrons. The Morgan fingerprint density at radius 2 is 1.95 bits per heavy atom. The van der Waals surface area contributed by atoms with Gasteiger partial charge in [0.1, 0.15) is 6.61 Å². The molecule has 0 aliphatic heterocycles. The van der Waals surface area contributed by atoms with E-state index < -0.39 is 4.92 Å². The van der Waals surface area contributed by atoms with Crippen molar-refractivity contribution in [2.24, 2.45) is 0 Å². The first kappa shape index (κ1) is 14.3. The molecule has 9 heteroatoms. The summed E-state index contributed by atoms with van der Waals surface area (Å²) < 4.78 is 5.83. The van der Waals surface area contributed by atoms with E-state index in [4.69, 9.17) is 39.5 Å². The molecule has 1 aromatic heterocycles. The minimum Gasteiger partial charge on any atom is -0.485 e. The number of hydrogen-bond acceptors (Lipinski definition) is 5. The molecular formula is C10H5Cl3N2O3S. The van der Waals surface area contributed by atoms with E-state index in [2.05, 4.69) is 4.98 Å². The number of rotatable bonds is 4. The van der Waals surface area contributed by atoms with Gasteiger partial charge in [0.25, 0.3) is 5.69 Å². The molecular weight excluding hydrogens is 335 g/mol. The standard InChI is InChI=1S/C10H5Cl3N2O3S/c11-7-1-5(15(16)17)2-8(12)9(7)18-4-6-3-14-10(13)19-6/h1-3H,4H2. The highest BCUT2D eigenvalue weighted by Crippen LogP contribution is 2.37. The number of halogens is 3. The summed E-state index contributed by atoms with van der Waals surface area (Å²) in [6.07, 6.45) is 1.57. The van der Waals surface area contributed by atoms with Crippen LogP contribution in [0.2, 0.25) is 14.5 Å². The summed E-state index contributed by atoms with van der Waals surface area (Å²) in [4.78, 5) is 14.7. The molecule has 0 radical (unpaired) electrons. The maximum absolute atomic E-state index is 10.6. The van der Waals surface area contributed by atoms with Gasteiger partial charge < -0.3 is 4.74 Å². The Labute approximate surface area is 126 Å². The third-order valence-corrected chi connectivity index (χ3v) is 3.73. The lowest BCUT2D eigenvalue weighted by Gasteiger charge is -2.08. The van der Waals surface area contributed by atoms with E-state index >= 15 is 0 Å². The van der Waals surface area contributed by atoms with E-state index in [0.29, 0.717) is 4.47 Å². The summed E-state index contributed by atoms with van der Waals surface area (Å²) in [6, 6.07) is 2.37. The van der Waals surface area contributed by atoms with Crippen molar-refractivity contribution in [2.75, 3.05) is 0 Å². The second-order valence-electron chi connectivity index (χ2n) is 3.36. The molecule has 2 aromatic rings. The zero-order chi connectivity index (χ0) is 14.0. The van der Waals surface area contributed by atoms with Crippen LogP contribution in [0.5, 0.6) is 5.75 Å². The first-order chi connectivity index (χ1) is 8.97. The molecule has 19 heavy (non-hydrogen) atoms. The lowest BCUT2D eigenvalue weighted by atomic mass is 10.3. The number of aromatic nitrogens is 1. The van der Waals surface area contributed by atoms with Gasteiger partial charge in [0.2, 0.25) is 0 Å². The van der Waals surface area contributed by atoms with Gasteiger partial charge in [0, 0.05) is 18.3 Å². The number of nitro benzene ring substituents is 1. The number of nitro groups is 1. The molecule has 0 saturated heterocycles.